The number of non-ortho nitro benzene ring substituents is 1. The van der Waals surface area contributed by atoms with Crippen LogP contribution >= 0.6 is 11.8 Å². The normalized spacial score (nSPS) is 14.4. The standard InChI is InChI=1S/C12H13N5O2S/c13-11-14-15-12(16(11)9-4-5-9)20-7-8-2-1-3-10(6-8)17(18)19/h1-3,6,9H,4-5,7H2,(H2,13,14). The van der Waals surface area contributed by atoms with Crippen molar-refractivity contribution < 1.29 is 4.92 Å². The second kappa shape index (κ2) is 5.12. The van der Waals surface area contributed by atoms with Crippen LogP contribution in [0.1, 0.15) is 24.4 Å². The molecule has 1 aliphatic carbocycles. The number of thioether (sulfide) groups is 1. The van der Waals surface area contributed by atoms with E-state index in [1.54, 1.807) is 12.1 Å². The van der Waals surface area contributed by atoms with E-state index >= 15 is 0 Å². The number of nitrogen functional groups attached to an aromatic ring is 1. The van der Waals surface area contributed by atoms with Gasteiger partial charge in [-0.3, -0.25) is 14.7 Å². The fourth-order valence-electron chi connectivity index (χ4n) is 1.97. The van der Waals surface area contributed by atoms with Crippen LogP contribution in [0.4, 0.5) is 11.6 Å². The Labute approximate surface area is 119 Å². The van der Waals surface area contributed by atoms with E-state index in [0.29, 0.717) is 17.7 Å². The first-order chi connectivity index (χ1) is 9.65. The average Bonchev–Trinajstić information content (AvgIpc) is 3.20. The Morgan fingerprint density at radius 2 is 2.25 bits per heavy atom. The highest BCUT2D eigenvalue weighted by Crippen LogP contribution is 2.39. The van der Waals surface area contributed by atoms with Gasteiger partial charge >= 0.3 is 0 Å². The van der Waals surface area contributed by atoms with Crippen molar-refractivity contribution in [2.45, 2.75) is 29.8 Å². The van der Waals surface area contributed by atoms with Gasteiger partial charge in [0.05, 0.1) is 4.92 Å². The lowest BCUT2D eigenvalue weighted by Gasteiger charge is -2.05. The van der Waals surface area contributed by atoms with Crippen molar-refractivity contribution in [1.29, 1.82) is 0 Å². The Kier molecular flexibility index (Phi) is 3.31. The van der Waals surface area contributed by atoms with Crippen LogP contribution in [0.3, 0.4) is 0 Å². The van der Waals surface area contributed by atoms with Gasteiger partial charge in [0.1, 0.15) is 0 Å². The average molecular weight is 291 g/mol. The van der Waals surface area contributed by atoms with E-state index in [1.807, 2.05) is 10.6 Å². The number of nitro benzene ring substituents is 1. The molecule has 1 aliphatic rings. The molecular formula is C12H13N5O2S. The van der Waals surface area contributed by atoms with Crippen molar-refractivity contribution in [3.05, 3.63) is 39.9 Å². The van der Waals surface area contributed by atoms with E-state index in [1.165, 1.54) is 17.8 Å². The molecule has 1 fully saturated rings. The molecule has 1 saturated carbocycles. The van der Waals surface area contributed by atoms with Gasteiger partial charge in [-0.2, -0.15) is 0 Å². The van der Waals surface area contributed by atoms with E-state index < -0.39 is 4.92 Å². The maximum Gasteiger partial charge on any atom is 0.269 e. The summed E-state index contributed by atoms with van der Waals surface area (Å²) in [5.41, 5.74) is 6.79. The number of anilines is 1. The van der Waals surface area contributed by atoms with Crippen LogP contribution in [0.5, 0.6) is 0 Å². The summed E-state index contributed by atoms with van der Waals surface area (Å²) in [7, 11) is 0. The lowest BCUT2D eigenvalue weighted by atomic mass is 10.2. The molecule has 0 amide bonds. The Hall–Kier alpha value is -2.09. The molecule has 0 saturated heterocycles. The summed E-state index contributed by atoms with van der Waals surface area (Å²) in [6, 6.07) is 7.03. The second-order valence-corrected chi connectivity index (χ2v) is 5.60. The molecule has 20 heavy (non-hydrogen) atoms. The first-order valence-corrected chi connectivity index (χ1v) is 7.20. The topological polar surface area (TPSA) is 99.9 Å². The van der Waals surface area contributed by atoms with Crippen LogP contribution in [0.15, 0.2) is 29.4 Å². The number of nitrogens with two attached hydrogens (primary N) is 1. The highest BCUT2D eigenvalue weighted by atomic mass is 32.2. The number of hydrogen-bond acceptors (Lipinski definition) is 6. The number of nitro groups is 1. The van der Waals surface area contributed by atoms with Gasteiger partial charge in [0.2, 0.25) is 5.95 Å². The number of nitrogens with zero attached hydrogens (tertiary/aromatic N) is 4. The molecule has 0 bridgehead atoms. The highest BCUT2D eigenvalue weighted by Gasteiger charge is 2.28. The number of rotatable bonds is 5. The fraction of sp³-hybridized carbons (Fsp3) is 0.333. The minimum atomic E-state index is -0.390. The number of benzene rings is 1. The van der Waals surface area contributed by atoms with Crippen LogP contribution in [-0.4, -0.2) is 19.7 Å². The second-order valence-electron chi connectivity index (χ2n) is 4.66. The predicted molar refractivity (Wildman–Crippen MR) is 75.4 cm³/mol. The third-order valence-electron chi connectivity index (χ3n) is 3.09. The van der Waals surface area contributed by atoms with E-state index in [2.05, 4.69) is 10.2 Å². The van der Waals surface area contributed by atoms with Crippen molar-refractivity contribution in [2.75, 3.05) is 5.73 Å². The lowest BCUT2D eigenvalue weighted by Crippen LogP contribution is -2.02. The first kappa shape index (κ1) is 12.9. The minimum Gasteiger partial charge on any atom is -0.368 e. The van der Waals surface area contributed by atoms with Gasteiger partial charge in [-0.1, -0.05) is 23.9 Å². The van der Waals surface area contributed by atoms with Gasteiger partial charge in [0.15, 0.2) is 5.16 Å². The molecule has 1 aromatic heterocycles. The zero-order valence-electron chi connectivity index (χ0n) is 10.6. The molecule has 0 atom stereocenters. The Morgan fingerprint density at radius 1 is 1.45 bits per heavy atom. The van der Waals surface area contributed by atoms with Crippen LogP contribution in [-0.2, 0) is 5.75 Å². The van der Waals surface area contributed by atoms with E-state index in [0.717, 1.165) is 23.6 Å². The van der Waals surface area contributed by atoms with Crippen LogP contribution in [0, 0.1) is 10.1 Å². The van der Waals surface area contributed by atoms with Crippen molar-refractivity contribution >= 4 is 23.4 Å². The minimum absolute atomic E-state index is 0.103. The van der Waals surface area contributed by atoms with Gasteiger partial charge in [-0.15, -0.1) is 10.2 Å². The summed E-state index contributed by atoms with van der Waals surface area (Å²) in [5.74, 6) is 1.04. The number of hydrogen-bond donors (Lipinski definition) is 1. The van der Waals surface area contributed by atoms with Gasteiger partial charge in [0.25, 0.3) is 5.69 Å². The quantitative estimate of drug-likeness (QED) is 0.516. The van der Waals surface area contributed by atoms with Crippen molar-refractivity contribution in [1.82, 2.24) is 14.8 Å². The maximum atomic E-state index is 10.7. The Balaban J connectivity index is 1.73. The molecular weight excluding hydrogens is 278 g/mol. The molecule has 1 aromatic carbocycles. The summed E-state index contributed by atoms with van der Waals surface area (Å²) in [6.45, 7) is 0. The first-order valence-electron chi connectivity index (χ1n) is 6.21. The summed E-state index contributed by atoms with van der Waals surface area (Å²) in [6.07, 6.45) is 2.21. The highest BCUT2D eigenvalue weighted by molar-refractivity contribution is 7.98. The van der Waals surface area contributed by atoms with Crippen molar-refractivity contribution in [3.63, 3.8) is 0 Å². The zero-order valence-corrected chi connectivity index (χ0v) is 11.4. The predicted octanol–water partition coefficient (Wildman–Crippen LogP) is 2.40. The van der Waals surface area contributed by atoms with Crippen molar-refractivity contribution in [3.8, 4) is 0 Å². The third kappa shape index (κ3) is 2.60. The summed E-state index contributed by atoms with van der Waals surface area (Å²) >= 11 is 1.50. The Morgan fingerprint density at radius 3 is 2.95 bits per heavy atom. The molecule has 0 unspecified atom stereocenters. The summed E-state index contributed by atoms with van der Waals surface area (Å²) in [5, 5.41) is 19.5. The van der Waals surface area contributed by atoms with Gasteiger partial charge in [-0.25, -0.2) is 0 Å². The molecule has 3 rings (SSSR count). The molecule has 104 valence electrons. The molecule has 7 nitrogen and oxygen atoms in total. The van der Waals surface area contributed by atoms with Gasteiger partial charge < -0.3 is 5.73 Å². The molecule has 2 N–H and O–H groups in total. The zero-order chi connectivity index (χ0) is 14.1. The van der Waals surface area contributed by atoms with Gasteiger partial charge in [-0.05, 0) is 18.4 Å². The monoisotopic (exact) mass is 291 g/mol. The third-order valence-corrected chi connectivity index (χ3v) is 4.11. The molecule has 8 heteroatoms. The SMILES string of the molecule is Nc1nnc(SCc2cccc([N+](=O)[O-])c2)n1C1CC1. The molecule has 1 heterocycles. The van der Waals surface area contributed by atoms with E-state index in [-0.39, 0.29) is 5.69 Å². The summed E-state index contributed by atoms with van der Waals surface area (Å²) in [4.78, 5) is 10.3. The lowest BCUT2D eigenvalue weighted by molar-refractivity contribution is -0.384. The molecule has 2 aromatic rings. The fourth-order valence-corrected chi connectivity index (χ4v) is 2.93. The number of aromatic nitrogens is 3. The Bertz CT molecular complexity index is 653. The van der Waals surface area contributed by atoms with Crippen LogP contribution in [0.2, 0.25) is 0 Å². The largest absolute Gasteiger partial charge is 0.368 e. The van der Waals surface area contributed by atoms with E-state index in [9.17, 15) is 10.1 Å². The van der Waals surface area contributed by atoms with Crippen LogP contribution < -0.4 is 5.73 Å². The smallest absolute Gasteiger partial charge is 0.269 e. The van der Waals surface area contributed by atoms with Crippen LogP contribution in [0.25, 0.3) is 0 Å². The van der Waals surface area contributed by atoms with Gasteiger partial charge in [0, 0.05) is 23.9 Å². The summed E-state index contributed by atoms with van der Waals surface area (Å²) < 4.78 is 1.95. The van der Waals surface area contributed by atoms with Crippen molar-refractivity contribution in [2.24, 2.45) is 0 Å². The molecule has 0 aliphatic heterocycles. The van der Waals surface area contributed by atoms with E-state index in [4.69, 9.17) is 5.73 Å². The molecule has 0 spiro atoms. The maximum absolute atomic E-state index is 10.7. The molecule has 0 radical (unpaired) electrons.